The standard InChI is InChI=1S/C18H21N3/c1-12-17(13(2)21(3)20-12)11-18(19)16-9-8-14-6-4-5-7-15(14)10-16/h4-10,18H,11,19H2,1-3H3. The summed E-state index contributed by atoms with van der Waals surface area (Å²) in [6.07, 6.45) is 0.823. The van der Waals surface area contributed by atoms with Gasteiger partial charge in [0, 0.05) is 18.8 Å². The van der Waals surface area contributed by atoms with Gasteiger partial charge in [0.2, 0.25) is 0 Å². The molecular weight excluding hydrogens is 258 g/mol. The Balaban J connectivity index is 1.91. The second kappa shape index (κ2) is 5.34. The molecule has 2 N–H and O–H groups in total. The molecule has 3 heteroatoms. The second-order valence-electron chi connectivity index (χ2n) is 5.69. The van der Waals surface area contributed by atoms with Crippen molar-refractivity contribution in [2.75, 3.05) is 0 Å². The molecule has 3 rings (SSSR count). The van der Waals surface area contributed by atoms with E-state index in [0.29, 0.717) is 0 Å². The van der Waals surface area contributed by atoms with Crippen molar-refractivity contribution in [2.24, 2.45) is 12.8 Å². The van der Waals surface area contributed by atoms with Gasteiger partial charge in [0.15, 0.2) is 0 Å². The highest BCUT2D eigenvalue weighted by Gasteiger charge is 2.14. The van der Waals surface area contributed by atoms with Gasteiger partial charge in [-0.1, -0.05) is 36.4 Å². The van der Waals surface area contributed by atoms with E-state index in [-0.39, 0.29) is 6.04 Å². The van der Waals surface area contributed by atoms with E-state index in [0.717, 1.165) is 12.1 Å². The monoisotopic (exact) mass is 279 g/mol. The van der Waals surface area contributed by atoms with Gasteiger partial charge in [0.05, 0.1) is 5.69 Å². The van der Waals surface area contributed by atoms with Crippen molar-refractivity contribution in [3.63, 3.8) is 0 Å². The summed E-state index contributed by atoms with van der Waals surface area (Å²) in [4.78, 5) is 0. The number of aryl methyl sites for hydroxylation is 2. The summed E-state index contributed by atoms with van der Waals surface area (Å²) in [5.41, 5.74) is 11.1. The molecule has 1 aromatic heterocycles. The van der Waals surface area contributed by atoms with Crippen LogP contribution < -0.4 is 5.73 Å². The molecule has 3 aromatic rings. The van der Waals surface area contributed by atoms with Gasteiger partial charge in [-0.15, -0.1) is 0 Å². The fraction of sp³-hybridized carbons (Fsp3) is 0.278. The normalized spacial score (nSPS) is 12.8. The molecule has 0 saturated carbocycles. The summed E-state index contributed by atoms with van der Waals surface area (Å²) >= 11 is 0. The summed E-state index contributed by atoms with van der Waals surface area (Å²) in [6, 6.07) is 14.8. The van der Waals surface area contributed by atoms with E-state index < -0.39 is 0 Å². The van der Waals surface area contributed by atoms with Crippen LogP contribution in [-0.4, -0.2) is 9.78 Å². The maximum atomic E-state index is 6.43. The summed E-state index contributed by atoms with van der Waals surface area (Å²) in [5, 5.41) is 6.96. The van der Waals surface area contributed by atoms with E-state index in [1.165, 1.54) is 27.6 Å². The maximum absolute atomic E-state index is 6.43. The Bertz CT molecular complexity index is 786. The first kappa shape index (κ1) is 13.8. The lowest BCUT2D eigenvalue weighted by molar-refractivity contribution is 0.708. The van der Waals surface area contributed by atoms with Crippen molar-refractivity contribution in [1.82, 2.24) is 9.78 Å². The fourth-order valence-corrected chi connectivity index (χ4v) is 2.89. The average Bonchev–Trinajstić information content (AvgIpc) is 2.73. The van der Waals surface area contributed by atoms with E-state index in [4.69, 9.17) is 5.73 Å². The van der Waals surface area contributed by atoms with Gasteiger partial charge in [-0.25, -0.2) is 0 Å². The molecule has 0 aliphatic rings. The van der Waals surface area contributed by atoms with E-state index in [1.54, 1.807) is 0 Å². The smallest absolute Gasteiger partial charge is 0.0629 e. The predicted molar refractivity (Wildman–Crippen MR) is 87.3 cm³/mol. The summed E-state index contributed by atoms with van der Waals surface area (Å²) in [6.45, 7) is 4.15. The van der Waals surface area contributed by atoms with Crippen LogP contribution in [0.1, 0.15) is 28.6 Å². The largest absolute Gasteiger partial charge is 0.324 e. The third kappa shape index (κ3) is 2.57. The zero-order valence-electron chi connectivity index (χ0n) is 12.8. The van der Waals surface area contributed by atoms with Crippen molar-refractivity contribution in [2.45, 2.75) is 26.3 Å². The first-order chi connectivity index (χ1) is 10.1. The third-order valence-corrected chi connectivity index (χ3v) is 4.28. The van der Waals surface area contributed by atoms with Gasteiger partial charge in [-0.2, -0.15) is 5.10 Å². The van der Waals surface area contributed by atoms with Crippen LogP contribution in [0.5, 0.6) is 0 Å². The number of nitrogens with two attached hydrogens (primary N) is 1. The van der Waals surface area contributed by atoms with Crippen LogP contribution in [0.15, 0.2) is 42.5 Å². The van der Waals surface area contributed by atoms with Crippen LogP contribution in [0.25, 0.3) is 10.8 Å². The third-order valence-electron chi connectivity index (χ3n) is 4.28. The number of aromatic nitrogens is 2. The molecule has 0 spiro atoms. The van der Waals surface area contributed by atoms with Crippen molar-refractivity contribution >= 4 is 10.8 Å². The highest BCUT2D eigenvalue weighted by Crippen LogP contribution is 2.24. The van der Waals surface area contributed by atoms with Gasteiger partial charge in [-0.3, -0.25) is 4.68 Å². The fourth-order valence-electron chi connectivity index (χ4n) is 2.89. The topological polar surface area (TPSA) is 43.8 Å². The first-order valence-electron chi connectivity index (χ1n) is 7.29. The van der Waals surface area contributed by atoms with Gasteiger partial charge in [0.25, 0.3) is 0 Å². The highest BCUT2D eigenvalue weighted by atomic mass is 15.3. The van der Waals surface area contributed by atoms with Crippen molar-refractivity contribution in [3.8, 4) is 0 Å². The Hall–Kier alpha value is -2.13. The summed E-state index contributed by atoms with van der Waals surface area (Å²) in [7, 11) is 1.98. The molecule has 21 heavy (non-hydrogen) atoms. The van der Waals surface area contributed by atoms with Crippen molar-refractivity contribution in [3.05, 3.63) is 65.0 Å². The Morgan fingerprint density at radius 3 is 2.48 bits per heavy atom. The number of nitrogens with zero attached hydrogens (tertiary/aromatic N) is 2. The quantitative estimate of drug-likeness (QED) is 0.798. The molecule has 1 heterocycles. The van der Waals surface area contributed by atoms with Gasteiger partial charge >= 0.3 is 0 Å². The molecule has 0 amide bonds. The maximum Gasteiger partial charge on any atom is 0.0629 e. The predicted octanol–water partition coefficient (Wildman–Crippen LogP) is 3.43. The lowest BCUT2D eigenvalue weighted by Gasteiger charge is -2.13. The van der Waals surface area contributed by atoms with Gasteiger partial charge in [-0.05, 0) is 48.2 Å². The van der Waals surface area contributed by atoms with Gasteiger partial charge in [0.1, 0.15) is 0 Å². The minimum atomic E-state index is -0.00351. The van der Waals surface area contributed by atoms with E-state index in [1.807, 2.05) is 11.7 Å². The van der Waals surface area contributed by atoms with E-state index >= 15 is 0 Å². The molecule has 0 fully saturated rings. The van der Waals surface area contributed by atoms with Gasteiger partial charge < -0.3 is 5.73 Å². The molecule has 108 valence electrons. The number of fused-ring (bicyclic) bond motifs is 1. The first-order valence-corrected chi connectivity index (χ1v) is 7.29. The second-order valence-corrected chi connectivity index (χ2v) is 5.69. The summed E-state index contributed by atoms with van der Waals surface area (Å²) < 4.78 is 1.93. The molecule has 0 aliphatic heterocycles. The zero-order chi connectivity index (χ0) is 15.0. The molecule has 0 aliphatic carbocycles. The van der Waals surface area contributed by atoms with Crippen LogP contribution in [0.2, 0.25) is 0 Å². The molecule has 3 nitrogen and oxygen atoms in total. The molecule has 1 unspecified atom stereocenters. The number of rotatable bonds is 3. The highest BCUT2D eigenvalue weighted by molar-refractivity contribution is 5.83. The van der Waals surface area contributed by atoms with Crippen LogP contribution in [0.3, 0.4) is 0 Å². The van der Waals surface area contributed by atoms with E-state index in [9.17, 15) is 0 Å². The van der Waals surface area contributed by atoms with Crippen molar-refractivity contribution < 1.29 is 0 Å². The molecule has 0 radical (unpaired) electrons. The molecule has 0 saturated heterocycles. The minimum absolute atomic E-state index is 0.00351. The van der Waals surface area contributed by atoms with Crippen LogP contribution in [0.4, 0.5) is 0 Å². The van der Waals surface area contributed by atoms with E-state index in [2.05, 4.69) is 61.4 Å². The summed E-state index contributed by atoms with van der Waals surface area (Å²) in [5.74, 6) is 0. The van der Waals surface area contributed by atoms with Crippen LogP contribution in [0, 0.1) is 13.8 Å². The number of hydrogen-bond donors (Lipinski definition) is 1. The lowest BCUT2D eigenvalue weighted by atomic mass is 9.96. The number of benzene rings is 2. The van der Waals surface area contributed by atoms with Crippen molar-refractivity contribution in [1.29, 1.82) is 0 Å². The Morgan fingerprint density at radius 1 is 1.10 bits per heavy atom. The molecule has 0 bridgehead atoms. The Kier molecular flexibility index (Phi) is 3.52. The molecular formula is C18H21N3. The molecule has 1 atom stereocenters. The Morgan fingerprint density at radius 2 is 1.81 bits per heavy atom. The number of hydrogen-bond acceptors (Lipinski definition) is 2. The average molecular weight is 279 g/mol. The van der Waals surface area contributed by atoms with Crippen LogP contribution >= 0.6 is 0 Å². The molecule has 2 aromatic carbocycles. The zero-order valence-corrected chi connectivity index (χ0v) is 12.8. The Labute approximate surface area is 125 Å². The minimum Gasteiger partial charge on any atom is -0.324 e. The SMILES string of the molecule is Cc1nn(C)c(C)c1CC(N)c1ccc2ccccc2c1. The lowest BCUT2D eigenvalue weighted by Crippen LogP contribution is -2.14. The van der Waals surface area contributed by atoms with Crippen LogP contribution in [-0.2, 0) is 13.5 Å².